The van der Waals surface area contributed by atoms with Crippen molar-refractivity contribution in [3.05, 3.63) is 65.4 Å². The standard InChI is InChI=1S/C16H14N2O3/c1-11-10-12(6-8-15(19)20)5-7-13(11)16(21)18-14-4-2-3-9-17-14/h2-10H,1H3,(H,19,20)(H,17,18,21). The zero-order chi connectivity index (χ0) is 15.2. The fourth-order valence-electron chi connectivity index (χ4n) is 1.83. The number of aliphatic carboxylic acids is 1. The van der Waals surface area contributed by atoms with Crippen molar-refractivity contribution in [3.8, 4) is 0 Å². The molecule has 2 N–H and O–H groups in total. The van der Waals surface area contributed by atoms with Crippen molar-refractivity contribution in [1.82, 2.24) is 4.98 Å². The van der Waals surface area contributed by atoms with Gasteiger partial charge in [0.05, 0.1) is 0 Å². The first-order valence-electron chi connectivity index (χ1n) is 6.30. The Morgan fingerprint density at radius 2 is 2.05 bits per heavy atom. The van der Waals surface area contributed by atoms with Gasteiger partial charge in [-0.15, -0.1) is 0 Å². The van der Waals surface area contributed by atoms with Crippen LogP contribution in [0.25, 0.3) is 6.08 Å². The van der Waals surface area contributed by atoms with E-state index < -0.39 is 5.97 Å². The van der Waals surface area contributed by atoms with Gasteiger partial charge in [-0.3, -0.25) is 4.79 Å². The molecule has 0 aliphatic heterocycles. The number of carboxylic acid groups (broad SMARTS) is 1. The molecule has 0 bridgehead atoms. The van der Waals surface area contributed by atoms with Gasteiger partial charge in [-0.05, 0) is 42.3 Å². The third-order valence-electron chi connectivity index (χ3n) is 2.82. The number of nitrogens with zero attached hydrogens (tertiary/aromatic N) is 1. The highest BCUT2D eigenvalue weighted by molar-refractivity contribution is 6.05. The number of hydrogen-bond donors (Lipinski definition) is 2. The second-order valence-corrected chi connectivity index (χ2v) is 4.42. The molecule has 0 fully saturated rings. The summed E-state index contributed by atoms with van der Waals surface area (Å²) in [5, 5.41) is 11.3. The molecular weight excluding hydrogens is 268 g/mol. The van der Waals surface area contributed by atoms with Crippen LogP contribution in [-0.2, 0) is 4.79 Å². The monoisotopic (exact) mass is 282 g/mol. The molecule has 2 aromatic rings. The number of benzene rings is 1. The molecule has 1 heterocycles. The lowest BCUT2D eigenvalue weighted by Gasteiger charge is -2.07. The maximum atomic E-state index is 12.1. The van der Waals surface area contributed by atoms with Gasteiger partial charge in [0.2, 0.25) is 0 Å². The first-order chi connectivity index (χ1) is 10.1. The SMILES string of the molecule is Cc1cc(C=CC(=O)O)ccc1C(=O)Nc1ccccn1. The number of rotatable bonds is 4. The number of carbonyl (C=O) groups excluding carboxylic acids is 1. The maximum absolute atomic E-state index is 12.1. The second kappa shape index (κ2) is 6.47. The van der Waals surface area contributed by atoms with Crippen LogP contribution in [0, 0.1) is 6.92 Å². The molecule has 0 spiro atoms. The Hall–Kier alpha value is -2.95. The molecule has 0 saturated heterocycles. The van der Waals surface area contributed by atoms with Crippen LogP contribution in [0.3, 0.4) is 0 Å². The van der Waals surface area contributed by atoms with Crippen LogP contribution in [0.4, 0.5) is 5.82 Å². The summed E-state index contributed by atoms with van der Waals surface area (Å²) in [6.45, 7) is 1.80. The van der Waals surface area contributed by atoms with Crippen molar-refractivity contribution >= 4 is 23.8 Å². The van der Waals surface area contributed by atoms with E-state index in [1.54, 1.807) is 49.5 Å². The summed E-state index contributed by atoms with van der Waals surface area (Å²) in [7, 11) is 0. The molecule has 5 nitrogen and oxygen atoms in total. The van der Waals surface area contributed by atoms with Crippen LogP contribution in [-0.4, -0.2) is 22.0 Å². The summed E-state index contributed by atoms with van der Waals surface area (Å²) in [6, 6.07) is 10.4. The summed E-state index contributed by atoms with van der Waals surface area (Å²) in [5.41, 5.74) is 2.01. The molecule has 106 valence electrons. The van der Waals surface area contributed by atoms with E-state index in [2.05, 4.69) is 10.3 Å². The van der Waals surface area contributed by atoms with Gasteiger partial charge in [-0.2, -0.15) is 0 Å². The van der Waals surface area contributed by atoms with Crippen LogP contribution in [0.1, 0.15) is 21.5 Å². The maximum Gasteiger partial charge on any atom is 0.328 e. The quantitative estimate of drug-likeness (QED) is 0.845. The van der Waals surface area contributed by atoms with Gasteiger partial charge in [0, 0.05) is 17.8 Å². The Labute approximate surface area is 122 Å². The van der Waals surface area contributed by atoms with Crippen LogP contribution in [0.2, 0.25) is 0 Å². The zero-order valence-electron chi connectivity index (χ0n) is 11.4. The van der Waals surface area contributed by atoms with Crippen molar-refractivity contribution in [3.63, 3.8) is 0 Å². The van der Waals surface area contributed by atoms with Crippen molar-refractivity contribution in [2.24, 2.45) is 0 Å². The predicted molar refractivity (Wildman–Crippen MR) is 80.0 cm³/mol. The Morgan fingerprint density at radius 1 is 1.24 bits per heavy atom. The number of pyridine rings is 1. The van der Waals surface area contributed by atoms with E-state index in [9.17, 15) is 9.59 Å². The van der Waals surface area contributed by atoms with Gasteiger partial charge in [0.1, 0.15) is 5.82 Å². The topological polar surface area (TPSA) is 79.3 Å². The van der Waals surface area contributed by atoms with E-state index in [-0.39, 0.29) is 5.91 Å². The van der Waals surface area contributed by atoms with E-state index >= 15 is 0 Å². The van der Waals surface area contributed by atoms with E-state index in [1.165, 1.54) is 6.08 Å². The van der Waals surface area contributed by atoms with Gasteiger partial charge in [-0.25, -0.2) is 9.78 Å². The molecular formula is C16H14N2O3. The van der Waals surface area contributed by atoms with Gasteiger partial charge in [0.25, 0.3) is 5.91 Å². The molecule has 5 heteroatoms. The average Bonchev–Trinajstić information content (AvgIpc) is 2.46. The zero-order valence-corrected chi connectivity index (χ0v) is 11.4. The third-order valence-corrected chi connectivity index (χ3v) is 2.82. The number of aromatic nitrogens is 1. The molecule has 0 unspecified atom stereocenters. The lowest BCUT2D eigenvalue weighted by Crippen LogP contribution is -2.14. The molecule has 0 radical (unpaired) electrons. The van der Waals surface area contributed by atoms with Crippen molar-refractivity contribution in [2.45, 2.75) is 6.92 Å². The Bertz CT molecular complexity index is 694. The number of carboxylic acids is 1. The number of aryl methyl sites for hydroxylation is 1. The van der Waals surface area contributed by atoms with Gasteiger partial charge in [-0.1, -0.05) is 18.2 Å². The van der Waals surface area contributed by atoms with Gasteiger partial charge >= 0.3 is 5.97 Å². The lowest BCUT2D eigenvalue weighted by molar-refractivity contribution is -0.131. The average molecular weight is 282 g/mol. The van der Waals surface area contributed by atoms with Crippen molar-refractivity contribution in [2.75, 3.05) is 5.32 Å². The van der Waals surface area contributed by atoms with Gasteiger partial charge in [0.15, 0.2) is 0 Å². The number of amides is 1. The van der Waals surface area contributed by atoms with Crippen LogP contribution in [0.15, 0.2) is 48.7 Å². The Morgan fingerprint density at radius 3 is 2.67 bits per heavy atom. The van der Waals surface area contributed by atoms with E-state index in [0.717, 1.165) is 17.2 Å². The number of anilines is 1. The lowest BCUT2D eigenvalue weighted by atomic mass is 10.0. The molecule has 0 aliphatic carbocycles. The van der Waals surface area contributed by atoms with Gasteiger partial charge < -0.3 is 10.4 Å². The second-order valence-electron chi connectivity index (χ2n) is 4.42. The number of nitrogens with one attached hydrogen (secondary N) is 1. The first kappa shape index (κ1) is 14.5. The van der Waals surface area contributed by atoms with E-state index in [1.807, 2.05) is 0 Å². The van der Waals surface area contributed by atoms with Crippen molar-refractivity contribution < 1.29 is 14.7 Å². The Balaban J connectivity index is 2.17. The minimum atomic E-state index is -1.01. The summed E-state index contributed by atoms with van der Waals surface area (Å²) in [4.78, 5) is 26.7. The highest BCUT2D eigenvalue weighted by atomic mass is 16.4. The molecule has 0 saturated carbocycles. The van der Waals surface area contributed by atoms with Crippen LogP contribution < -0.4 is 5.32 Å². The summed E-state index contributed by atoms with van der Waals surface area (Å²) in [6.07, 6.45) is 4.14. The summed E-state index contributed by atoms with van der Waals surface area (Å²) >= 11 is 0. The fourth-order valence-corrected chi connectivity index (χ4v) is 1.83. The smallest absolute Gasteiger partial charge is 0.328 e. The summed E-state index contributed by atoms with van der Waals surface area (Å²) < 4.78 is 0. The molecule has 1 aromatic carbocycles. The molecule has 0 aliphatic rings. The van der Waals surface area contributed by atoms with Crippen LogP contribution in [0.5, 0.6) is 0 Å². The minimum absolute atomic E-state index is 0.250. The molecule has 2 rings (SSSR count). The fraction of sp³-hybridized carbons (Fsp3) is 0.0625. The highest BCUT2D eigenvalue weighted by Gasteiger charge is 2.09. The summed E-state index contributed by atoms with van der Waals surface area (Å²) in [5.74, 6) is -0.777. The number of carbonyl (C=O) groups is 2. The Kier molecular flexibility index (Phi) is 4.46. The highest BCUT2D eigenvalue weighted by Crippen LogP contribution is 2.14. The largest absolute Gasteiger partial charge is 0.478 e. The normalized spacial score (nSPS) is 10.5. The van der Waals surface area contributed by atoms with E-state index in [4.69, 9.17) is 5.11 Å². The third kappa shape index (κ3) is 4.01. The first-order valence-corrected chi connectivity index (χ1v) is 6.30. The van der Waals surface area contributed by atoms with E-state index in [0.29, 0.717) is 11.4 Å². The van der Waals surface area contributed by atoms with Crippen LogP contribution >= 0.6 is 0 Å². The molecule has 1 amide bonds. The molecule has 1 aromatic heterocycles. The predicted octanol–water partition coefficient (Wildman–Crippen LogP) is 2.74. The molecule has 21 heavy (non-hydrogen) atoms. The van der Waals surface area contributed by atoms with Crippen molar-refractivity contribution in [1.29, 1.82) is 0 Å². The molecule has 0 atom stereocenters. The number of hydrogen-bond acceptors (Lipinski definition) is 3. The minimum Gasteiger partial charge on any atom is -0.478 e.